The number of carbonyl (C=O) groups is 1. The van der Waals surface area contributed by atoms with Crippen molar-refractivity contribution in [2.24, 2.45) is 5.41 Å². The van der Waals surface area contributed by atoms with E-state index in [0.717, 1.165) is 18.6 Å². The second kappa shape index (κ2) is 7.90. The number of rotatable bonds is 8. The zero-order chi connectivity index (χ0) is 15.0. The van der Waals surface area contributed by atoms with Crippen LogP contribution in [0.4, 0.5) is 0 Å². The molecular weight excluding hydrogens is 254 g/mol. The average Bonchev–Trinajstić information content (AvgIpc) is 2.46. The van der Waals surface area contributed by atoms with Crippen molar-refractivity contribution in [1.29, 1.82) is 0 Å². The van der Waals surface area contributed by atoms with E-state index >= 15 is 0 Å². The molecule has 4 nitrogen and oxygen atoms in total. The molecule has 1 amide bonds. The summed E-state index contributed by atoms with van der Waals surface area (Å²) in [5, 5.41) is 12.0. The number of amides is 1. The van der Waals surface area contributed by atoms with Crippen molar-refractivity contribution in [3.05, 3.63) is 29.8 Å². The standard InChI is InChI=1S/C16H25NO3/c1-4-5-10-20-14-8-6-13(7-9-14)15(19)17-11-16(2,3)12-18/h6-9,18H,4-5,10-12H2,1-3H3,(H,17,19). The molecule has 0 fully saturated rings. The van der Waals surface area contributed by atoms with E-state index in [4.69, 9.17) is 9.84 Å². The molecule has 0 heterocycles. The molecular formula is C16H25NO3. The Labute approximate surface area is 121 Å². The zero-order valence-electron chi connectivity index (χ0n) is 12.6. The minimum Gasteiger partial charge on any atom is -0.494 e. The lowest BCUT2D eigenvalue weighted by Gasteiger charge is -2.21. The van der Waals surface area contributed by atoms with E-state index in [-0.39, 0.29) is 17.9 Å². The van der Waals surface area contributed by atoms with Crippen LogP contribution in [0.5, 0.6) is 5.75 Å². The highest BCUT2D eigenvalue weighted by molar-refractivity contribution is 5.94. The number of nitrogens with one attached hydrogen (secondary N) is 1. The van der Waals surface area contributed by atoms with Crippen LogP contribution in [0.2, 0.25) is 0 Å². The molecule has 0 atom stereocenters. The second-order valence-corrected chi connectivity index (χ2v) is 5.73. The lowest BCUT2D eigenvalue weighted by Crippen LogP contribution is -2.36. The molecule has 1 aromatic rings. The number of aliphatic hydroxyl groups is 1. The Hall–Kier alpha value is -1.55. The van der Waals surface area contributed by atoms with Crippen LogP contribution in [-0.4, -0.2) is 30.8 Å². The van der Waals surface area contributed by atoms with Gasteiger partial charge in [-0.25, -0.2) is 0 Å². The Morgan fingerprint density at radius 3 is 2.50 bits per heavy atom. The number of unbranched alkanes of at least 4 members (excludes halogenated alkanes) is 1. The Balaban J connectivity index is 2.49. The van der Waals surface area contributed by atoms with Gasteiger partial charge in [0, 0.05) is 24.1 Å². The van der Waals surface area contributed by atoms with Crippen molar-refractivity contribution in [2.75, 3.05) is 19.8 Å². The predicted molar refractivity (Wildman–Crippen MR) is 80.0 cm³/mol. The monoisotopic (exact) mass is 279 g/mol. The number of ether oxygens (including phenoxy) is 1. The highest BCUT2D eigenvalue weighted by atomic mass is 16.5. The zero-order valence-corrected chi connectivity index (χ0v) is 12.6. The van der Waals surface area contributed by atoms with Crippen LogP contribution in [0.3, 0.4) is 0 Å². The van der Waals surface area contributed by atoms with Gasteiger partial charge in [0.1, 0.15) is 5.75 Å². The third-order valence-corrected chi connectivity index (χ3v) is 3.04. The van der Waals surface area contributed by atoms with E-state index in [0.29, 0.717) is 18.7 Å². The van der Waals surface area contributed by atoms with Crippen molar-refractivity contribution >= 4 is 5.91 Å². The Morgan fingerprint density at radius 2 is 1.95 bits per heavy atom. The van der Waals surface area contributed by atoms with Gasteiger partial charge in [0.25, 0.3) is 5.91 Å². The SMILES string of the molecule is CCCCOc1ccc(C(=O)NCC(C)(C)CO)cc1. The number of hydrogen-bond acceptors (Lipinski definition) is 3. The van der Waals surface area contributed by atoms with Crippen LogP contribution >= 0.6 is 0 Å². The van der Waals surface area contributed by atoms with Crippen LogP contribution in [-0.2, 0) is 0 Å². The van der Waals surface area contributed by atoms with Crippen molar-refractivity contribution in [1.82, 2.24) is 5.32 Å². The van der Waals surface area contributed by atoms with Gasteiger partial charge in [0.15, 0.2) is 0 Å². The first-order valence-corrected chi connectivity index (χ1v) is 7.10. The first kappa shape index (κ1) is 16.5. The van der Waals surface area contributed by atoms with Gasteiger partial charge in [0.2, 0.25) is 0 Å². The second-order valence-electron chi connectivity index (χ2n) is 5.73. The van der Waals surface area contributed by atoms with Crippen molar-refractivity contribution in [3.8, 4) is 5.75 Å². The summed E-state index contributed by atoms with van der Waals surface area (Å²) in [7, 11) is 0. The number of carbonyl (C=O) groups excluding carboxylic acids is 1. The molecule has 2 N–H and O–H groups in total. The Bertz CT molecular complexity index is 412. The molecule has 0 saturated heterocycles. The summed E-state index contributed by atoms with van der Waals surface area (Å²) < 4.78 is 5.55. The van der Waals surface area contributed by atoms with Crippen LogP contribution in [0, 0.1) is 5.41 Å². The Morgan fingerprint density at radius 1 is 1.30 bits per heavy atom. The van der Waals surface area contributed by atoms with Gasteiger partial charge in [-0.2, -0.15) is 0 Å². The van der Waals surface area contributed by atoms with Crippen LogP contribution in [0.25, 0.3) is 0 Å². The minimum atomic E-state index is -0.307. The van der Waals surface area contributed by atoms with Gasteiger partial charge in [-0.1, -0.05) is 27.2 Å². The molecule has 1 rings (SSSR count). The summed E-state index contributed by atoms with van der Waals surface area (Å²) >= 11 is 0. The lowest BCUT2D eigenvalue weighted by atomic mass is 9.95. The summed E-state index contributed by atoms with van der Waals surface area (Å²) in [4.78, 5) is 11.9. The summed E-state index contributed by atoms with van der Waals surface area (Å²) in [5.74, 6) is 0.650. The normalized spacial score (nSPS) is 11.2. The molecule has 0 saturated carbocycles. The van der Waals surface area contributed by atoms with Gasteiger partial charge in [0.05, 0.1) is 6.61 Å². The molecule has 0 spiro atoms. The molecule has 0 aliphatic heterocycles. The number of hydrogen-bond donors (Lipinski definition) is 2. The van der Waals surface area contributed by atoms with E-state index in [1.54, 1.807) is 12.1 Å². The quantitative estimate of drug-likeness (QED) is 0.719. The van der Waals surface area contributed by atoms with E-state index in [2.05, 4.69) is 12.2 Å². The Kier molecular flexibility index (Phi) is 6.52. The molecule has 0 aliphatic carbocycles. The maximum Gasteiger partial charge on any atom is 0.251 e. The van der Waals surface area contributed by atoms with E-state index in [1.807, 2.05) is 26.0 Å². The third kappa shape index (κ3) is 5.61. The van der Waals surface area contributed by atoms with Crippen molar-refractivity contribution in [2.45, 2.75) is 33.6 Å². The topological polar surface area (TPSA) is 58.6 Å². The van der Waals surface area contributed by atoms with Gasteiger partial charge >= 0.3 is 0 Å². The summed E-state index contributed by atoms with van der Waals surface area (Å²) in [5.41, 5.74) is 0.292. The van der Waals surface area contributed by atoms with E-state index in [1.165, 1.54) is 0 Å². The fourth-order valence-electron chi connectivity index (χ4n) is 1.51. The fourth-order valence-corrected chi connectivity index (χ4v) is 1.51. The summed E-state index contributed by atoms with van der Waals surface area (Å²) in [6.45, 7) is 7.10. The average molecular weight is 279 g/mol. The van der Waals surface area contributed by atoms with Crippen LogP contribution in [0.1, 0.15) is 44.0 Å². The summed E-state index contributed by atoms with van der Waals surface area (Å²) in [6, 6.07) is 7.12. The van der Waals surface area contributed by atoms with Gasteiger partial charge < -0.3 is 15.2 Å². The molecule has 0 aliphatic rings. The van der Waals surface area contributed by atoms with E-state index < -0.39 is 0 Å². The smallest absolute Gasteiger partial charge is 0.251 e. The molecule has 0 radical (unpaired) electrons. The maximum absolute atomic E-state index is 11.9. The highest BCUT2D eigenvalue weighted by Crippen LogP contribution is 2.14. The molecule has 4 heteroatoms. The van der Waals surface area contributed by atoms with Gasteiger partial charge in [-0.05, 0) is 30.7 Å². The molecule has 20 heavy (non-hydrogen) atoms. The largest absolute Gasteiger partial charge is 0.494 e. The van der Waals surface area contributed by atoms with Crippen molar-refractivity contribution < 1.29 is 14.6 Å². The van der Waals surface area contributed by atoms with Gasteiger partial charge in [-0.15, -0.1) is 0 Å². The highest BCUT2D eigenvalue weighted by Gasteiger charge is 2.17. The van der Waals surface area contributed by atoms with Crippen LogP contribution in [0.15, 0.2) is 24.3 Å². The molecule has 112 valence electrons. The van der Waals surface area contributed by atoms with E-state index in [9.17, 15) is 4.79 Å². The number of aliphatic hydroxyl groups excluding tert-OH is 1. The summed E-state index contributed by atoms with van der Waals surface area (Å²) in [6.07, 6.45) is 2.12. The predicted octanol–water partition coefficient (Wildman–Crippen LogP) is 2.61. The fraction of sp³-hybridized carbons (Fsp3) is 0.562. The van der Waals surface area contributed by atoms with Gasteiger partial charge in [-0.3, -0.25) is 4.79 Å². The molecule has 0 bridgehead atoms. The lowest BCUT2D eigenvalue weighted by molar-refractivity contribution is 0.0911. The maximum atomic E-state index is 11.9. The first-order valence-electron chi connectivity index (χ1n) is 7.10. The molecule has 0 unspecified atom stereocenters. The minimum absolute atomic E-state index is 0.0392. The molecule has 1 aromatic carbocycles. The molecule has 0 aromatic heterocycles. The number of benzene rings is 1. The van der Waals surface area contributed by atoms with Crippen molar-refractivity contribution in [3.63, 3.8) is 0 Å². The first-order chi connectivity index (χ1) is 9.48. The van der Waals surface area contributed by atoms with Crippen LogP contribution < -0.4 is 10.1 Å². The third-order valence-electron chi connectivity index (χ3n) is 3.04.